The van der Waals surface area contributed by atoms with Gasteiger partial charge in [-0.25, -0.2) is 8.42 Å². The predicted octanol–water partition coefficient (Wildman–Crippen LogP) is 2.23. The zero-order valence-electron chi connectivity index (χ0n) is 8.90. The molecule has 1 aromatic carbocycles. The van der Waals surface area contributed by atoms with Gasteiger partial charge in [0.2, 0.25) is 10.0 Å². The Kier molecular flexibility index (Phi) is 4.25. The molecule has 1 saturated heterocycles. The van der Waals surface area contributed by atoms with Gasteiger partial charge < -0.3 is 4.74 Å². The summed E-state index contributed by atoms with van der Waals surface area (Å²) in [7, 11) is -3.40. The first kappa shape index (κ1) is 13.5. The van der Waals surface area contributed by atoms with Crippen LogP contribution < -0.4 is 0 Å². The largest absolute Gasteiger partial charge is 0.379 e. The fourth-order valence-electron chi connectivity index (χ4n) is 1.57. The van der Waals surface area contributed by atoms with Gasteiger partial charge in [-0.15, -0.1) is 0 Å². The Labute approximate surface area is 117 Å². The molecule has 94 valence electrons. The van der Waals surface area contributed by atoms with Crippen LogP contribution in [0.3, 0.4) is 0 Å². The van der Waals surface area contributed by atoms with Gasteiger partial charge >= 0.3 is 0 Å². The summed E-state index contributed by atoms with van der Waals surface area (Å²) in [6, 6.07) is 4.92. The first-order valence-corrected chi connectivity index (χ1v) is 8.07. The lowest BCUT2D eigenvalue weighted by molar-refractivity contribution is 0.0730. The molecule has 0 atom stereocenters. The second-order valence-electron chi connectivity index (χ2n) is 3.59. The van der Waals surface area contributed by atoms with Crippen molar-refractivity contribution >= 4 is 41.9 Å². The van der Waals surface area contributed by atoms with E-state index in [9.17, 15) is 8.42 Å². The van der Waals surface area contributed by atoms with E-state index in [1.165, 1.54) is 4.31 Å². The Bertz CT molecular complexity index is 512. The summed E-state index contributed by atoms with van der Waals surface area (Å²) in [6.07, 6.45) is 0. The van der Waals surface area contributed by atoms with Crippen molar-refractivity contribution in [2.75, 3.05) is 26.3 Å². The average molecular weight is 385 g/mol. The van der Waals surface area contributed by atoms with Gasteiger partial charge in [-0.1, -0.05) is 0 Å². The minimum absolute atomic E-state index is 0.300. The van der Waals surface area contributed by atoms with Gasteiger partial charge in [0, 0.05) is 22.0 Å². The number of hydrogen-bond acceptors (Lipinski definition) is 3. The van der Waals surface area contributed by atoms with E-state index in [4.69, 9.17) is 4.74 Å². The molecule has 0 bridgehead atoms. The molecule has 0 aliphatic carbocycles. The monoisotopic (exact) mass is 383 g/mol. The first-order chi connectivity index (χ1) is 8.01. The van der Waals surface area contributed by atoms with Crippen molar-refractivity contribution < 1.29 is 13.2 Å². The minimum Gasteiger partial charge on any atom is -0.379 e. The van der Waals surface area contributed by atoms with Crippen LogP contribution in [0.5, 0.6) is 0 Å². The predicted molar refractivity (Wildman–Crippen MR) is 71.4 cm³/mol. The third-order valence-electron chi connectivity index (χ3n) is 2.50. The van der Waals surface area contributed by atoms with Gasteiger partial charge in [-0.2, -0.15) is 4.31 Å². The summed E-state index contributed by atoms with van der Waals surface area (Å²) >= 11 is 6.62. The van der Waals surface area contributed by atoms with Crippen molar-refractivity contribution in [1.29, 1.82) is 0 Å². The molecular formula is C10H11Br2NO3S. The van der Waals surface area contributed by atoms with Crippen molar-refractivity contribution in [2.45, 2.75) is 4.90 Å². The Morgan fingerprint density at radius 3 is 2.35 bits per heavy atom. The zero-order chi connectivity index (χ0) is 12.5. The molecule has 0 N–H and O–H groups in total. The molecule has 7 heteroatoms. The van der Waals surface area contributed by atoms with Crippen LogP contribution in [0.1, 0.15) is 0 Å². The van der Waals surface area contributed by atoms with Crippen molar-refractivity contribution in [3.8, 4) is 0 Å². The van der Waals surface area contributed by atoms with Crippen LogP contribution in [0.2, 0.25) is 0 Å². The van der Waals surface area contributed by atoms with Crippen LogP contribution in [0.25, 0.3) is 0 Å². The van der Waals surface area contributed by atoms with E-state index in [0.29, 0.717) is 31.2 Å². The number of rotatable bonds is 2. The molecule has 17 heavy (non-hydrogen) atoms. The van der Waals surface area contributed by atoms with Crippen LogP contribution in [-0.2, 0) is 14.8 Å². The van der Waals surface area contributed by atoms with Gasteiger partial charge in [0.1, 0.15) is 0 Å². The highest BCUT2D eigenvalue weighted by molar-refractivity contribution is 9.13. The lowest BCUT2D eigenvalue weighted by Gasteiger charge is -2.26. The number of morpholine rings is 1. The number of nitrogens with zero attached hydrogens (tertiary/aromatic N) is 1. The Balaban J connectivity index is 2.33. The molecule has 0 radical (unpaired) electrons. The quantitative estimate of drug-likeness (QED) is 0.785. The fraction of sp³-hybridized carbons (Fsp3) is 0.400. The first-order valence-electron chi connectivity index (χ1n) is 5.05. The molecule has 1 heterocycles. The molecule has 0 amide bonds. The van der Waals surface area contributed by atoms with Gasteiger partial charge in [0.05, 0.1) is 18.1 Å². The molecule has 1 aliphatic heterocycles. The molecule has 0 unspecified atom stereocenters. The zero-order valence-corrected chi connectivity index (χ0v) is 12.9. The molecule has 0 spiro atoms. The van der Waals surface area contributed by atoms with E-state index in [0.717, 1.165) is 8.95 Å². The SMILES string of the molecule is O=S(=O)(c1ccc(Br)c(Br)c1)N1CCOCC1. The summed E-state index contributed by atoms with van der Waals surface area (Å²) in [4.78, 5) is 0.300. The molecule has 0 aromatic heterocycles. The summed E-state index contributed by atoms with van der Waals surface area (Å²) in [5, 5.41) is 0. The van der Waals surface area contributed by atoms with Crippen LogP contribution in [0, 0.1) is 0 Å². The summed E-state index contributed by atoms with van der Waals surface area (Å²) in [5.41, 5.74) is 0. The second-order valence-corrected chi connectivity index (χ2v) is 7.24. The maximum absolute atomic E-state index is 12.3. The summed E-state index contributed by atoms with van der Waals surface area (Å²) < 4.78 is 32.7. The Hall–Kier alpha value is 0.0500. The van der Waals surface area contributed by atoms with Crippen LogP contribution >= 0.6 is 31.9 Å². The van der Waals surface area contributed by atoms with Crippen LogP contribution in [0.4, 0.5) is 0 Å². The van der Waals surface area contributed by atoms with Gasteiger partial charge in [-0.3, -0.25) is 0 Å². The average Bonchev–Trinajstić information content (AvgIpc) is 2.33. The molecular weight excluding hydrogens is 374 g/mol. The topological polar surface area (TPSA) is 46.6 Å². The summed E-state index contributed by atoms with van der Waals surface area (Å²) in [5.74, 6) is 0. The van der Waals surface area contributed by atoms with Crippen LogP contribution in [-0.4, -0.2) is 39.0 Å². The number of sulfonamides is 1. The Morgan fingerprint density at radius 2 is 1.76 bits per heavy atom. The van der Waals surface area contributed by atoms with Gasteiger partial charge in [0.15, 0.2) is 0 Å². The maximum atomic E-state index is 12.3. The molecule has 1 fully saturated rings. The van der Waals surface area contributed by atoms with E-state index in [1.54, 1.807) is 18.2 Å². The lowest BCUT2D eigenvalue weighted by atomic mass is 10.4. The highest BCUT2D eigenvalue weighted by atomic mass is 79.9. The van der Waals surface area contributed by atoms with Crippen molar-refractivity contribution in [3.05, 3.63) is 27.1 Å². The molecule has 1 aromatic rings. The Morgan fingerprint density at radius 1 is 1.12 bits per heavy atom. The number of halogens is 2. The van der Waals surface area contributed by atoms with Crippen molar-refractivity contribution in [2.24, 2.45) is 0 Å². The van der Waals surface area contributed by atoms with E-state index in [1.807, 2.05) is 0 Å². The fourth-order valence-corrected chi connectivity index (χ4v) is 3.79. The highest BCUT2D eigenvalue weighted by Crippen LogP contribution is 2.27. The number of ether oxygens (including phenoxy) is 1. The molecule has 2 rings (SSSR count). The third kappa shape index (κ3) is 2.90. The number of benzene rings is 1. The number of hydrogen-bond donors (Lipinski definition) is 0. The van der Waals surface area contributed by atoms with E-state index in [2.05, 4.69) is 31.9 Å². The maximum Gasteiger partial charge on any atom is 0.243 e. The highest BCUT2D eigenvalue weighted by Gasteiger charge is 2.26. The van der Waals surface area contributed by atoms with Gasteiger partial charge in [-0.05, 0) is 50.1 Å². The van der Waals surface area contributed by atoms with E-state index in [-0.39, 0.29) is 0 Å². The smallest absolute Gasteiger partial charge is 0.243 e. The van der Waals surface area contributed by atoms with Crippen molar-refractivity contribution in [1.82, 2.24) is 4.31 Å². The second kappa shape index (κ2) is 5.36. The molecule has 1 aliphatic rings. The van der Waals surface area contributed by atoms with E-state index >= 15 is 0 Å². The van der Waals surface area contributed by atoms with E-state index < -0.39 is 10.0 Å². The third-order valence-corrected chi connectivity index (χ3v) is 6.27. The minimum atomic E-state index is -3.40. The lowest BCUT2D eigenvalue weighted by Crippen LogP contribution is -2.40. The van der Waals surface area contributed by atoms with Crippen LogP contribution in [0.15, 0.2) is 32.0 Å². The normalized spacial score (nSPS) is 18.2. The molecule has 4 nitrogen and oxygen atoms in total. The van der Waals surface area contributed by atoms with Gasteiger partial charge in [0.25, 0.3) is 0 Å². The standard InChI is InChI=1S/C10H11Br2NO3S/c11-9-2-1-8(7-10(9)12)17(14,15)13-3-5-16-6-4-13/h1-2,7H,3-6H2. The summed E-state index contributed by atoms with van der Waals surface area (Å²) in [6.45, 7) is 1.74. The molecule has 0 saturated carbocycles. The van der Waals surface area contributed by atoms with Crippen molar-refractivity contribution in [3.63, 3.8) is 0 Å².